The molecule has 1 saturated heterocycles. The van der Waals surface area contributed by atoms with E-state index < -0.39 is 9.04 Å². The normalized spacial score (nSPS) is 20.1. The molecule has 1 heterocycles. The Kier molecular flexibility index (Phi) is 8.28. The average molecular weight is 338 g/mol. The molecule has 0 saturated carbocycles. The van der Waals surface area contributed by atoms with Crippen molar-refractivity contribution in [2.45, 2.75) is 91.0 Å². The largest absolute Gasteiger partial charge is 0.412 e. The SMILES string of the molecule is C[Si](C)OC(C1CCC(=O)N1CCCCCCC#N)C(C)(C)C. The van der Waals surface area contributed by atoms with E-state index in [1.165, 1.54) is 0 Å². The molecule has 0 aromatic rings. The van der Waals surface area contributed by atoms with E-state index in [9.17, 15) is 4.79 Å². The molecule has 4 nitrogen and oxygen atoms in total. The van der Waals surface area contributed by atoms with Crippen LogP contribution in [0.4, 0.5) is 0 Å². The summed E-state index contributed by atoms with van der Waals surface area (Å²) in [6.07, 6.45) is 6.51. The van der Waals surface area contributed by atoms with Crippen molar-refractivity contribution < 1.29 is 9.22 Å². The maximum atomic E-state index is 12.3. The van der Waals surface area contributed by atoms with Crippen LogP contribution >= 0.6 is 0 Å². The Hall–Kier alpha value is -0.863. The highest BCUT2D eigenvalue weighted by Gasteiger charge is 2.42. The lowest BCUT2D eigenvalue weighted by Crippen LogP contribution is -2.50. The second-order valence-electron chi connectivity index (χ2n) is 7.83. The topological polar surface area (TPSA) is 53.3 Å². The minimum atomic E-state index is -0.796. The van der Waals surface area contributed by atoms with Gasteiger partial charge in [0.25, 0.3) is 0 Å². The van der Waals surface area contributed by atoms with E-state index >= 15 is 0 Å². The summed E-state index contributed by atoms with van der Waals surface area (Å²) in [5.41, 5.74) is 0.0439. The molecule has 1 amide bonds. The summed E-state index contributed by atoms with van der Waals surface area (Å²) in [4.78, 5) is 14.4. The van der Waals surface area contributed by atoms with Crippen LogP contribution in [0, 0.1) is 16.7 Å². The molecule has 0 aromatic heterocycles. The summed E-state index contributed by atoms with van der Waals surface area (Å²) in [5.74, 6) is 0.283. The van der Waals surface area contributed by atoms with Gasteiger partial charge in [-0.25, -0.2) is 0 Å². The Bertz CT molecular complexity index is 412. The molecule has 23 heavy (non-hydrogen) atoms. The highest BCUT2D eigenvalue weighted by molar-refractivity contribution is 6.48. The van der Waals surface area contributed by atoms with Gasteiger partial charge in [0, 0.05) is 19.4 Å². The molecular weight excluding hydrogens is 304 g/mol. The Labute approximate surface area is 143 Å². The minimum absolute atomic E-state index is 0.0439. The highest BCUT2D eigenvalue weighted by Crippen LogP contribution is 2.34. The first kappa shape index (κ1) is 20.2. The first-order chi connectivity index (χ1) is 10.8. The quantitative estimate of drug-likeness (QED) is 0.469. The zero-order chi connectivity index (χ0) is 17.5. The van der Waals surface area contributed by atoms with Crippen molar-refractivity contribution in [3.63, 3.8) is 0 Å². The maximum absolute atomic E-state index is 12.3. The molecule has 5 heteroatoms. The van der Waals surface area contributed by atoms with Gasteiger partial charge in [-0.15, -0.1) is 0 Å². The molecule has 0 N–H and O–H groups in total. The number of nitrogens with zero attached hydrogens (tertiary/aromatic N) is 2. The van der Waals surface area contributed by atoms with E-state index in [0.717, 1.165) is 38.6 Å². The van der Waals surface area contributed by atoms with Gasteiger partial charge in [-0.1, -0.05) is 33.6 Å². The number of carbonyl (C=O) groups is 1. The van der Waals surface area contributed by atoms with Crippen molar-refractivity contribution in [2.75, 3.05) is 6.54 Å². The lowest BCUT2D eigenvalue weighted by atomic mass is 9.84. The maximum Gasteiger partial charge on any atom is 0.222 e. The van der Waals surface area contributed by atoms with Crippen LogP contribution in [0.1, 0.15) is 65.7 Å². The zero-order valence-corrected chi connectivity index (χ0v) is 16.5. The number of nitriles is 1. The van der Waals surface area contributed by atoms with Crippen molar-refractivity contribution >= 4 is 14.9 Å². The van der Waals surface area contributed by atoms with Gasteiger partial charge in [0.05, 0.1) is 18.2 Å². The van der Waals surface area contributed by atoms with Gasteiger partial charge in [0.2, 0.25) is 14.9 Å². The van der Waals surface area contributed by atoms with E-state index in [1.54, 1.807) is 0 Å². The van der Waals surface area contributed by atoms with Gasteiger partial charge < -0.3 is 9.33 Å². The molecule has 2 atom stereocenters. The van der Waals surface area contributed by atoms with Crippen molar-refractivity contribution in [3.05, 3.63) is 0 Å². The van der Waals surface area contributed by atoms with Crippen LogP contribution in [0.3, 0.4) is 0 Å². The van der Waals surface area contributed by atoms with E-state index in [-0.39, 0.29) is 23.5 Å². The predicted molar refractivity (Wildman–Crippen MR) is 95.2 cm³/mol. The molecule has 0 bridgehead atoms. The van der Waals surface area contributed by atoms with Gasteiger partial charge in [0.15, 0.2) is 0 Å². The predicted octanol–water partition coefficient (Wildman–Crippen LogP) is 4.13. The van der Waals surface area contributed by atoms with Gasteiger partial charge >= 0.3 is 0 Å². The number of rotatable bonds is 9. The molecule has 0 aliphatic carbocycles. The fraction of sp³-hybridized carbons (Fsp3) is 0.889. The number of likely N-dealkylation sites (tertiary alicyclic amines) is 1. The lowest BCUT2D eigenvalue weighted by molar-refractivity contribution is -0.131. The number of hydrogen-bond donors (Lipinski definition) is 0. The van der Waals surface area contributed by atoms with Crippen LogP contribution in [0.15, 0.2) is 0 Å². The van der Waals surface area contributed by atoms with Crippen LogP contribution in [0.25, 0.3) is 0 Å². The van der Waals surface area contributed by atoms with Gasteiger partial charge in [-0.2, -0.15) is 5.26 Å². The summed E-state index contributed by atoms with van der Waals surface area (Å²) in [6.45, 7) is 11.8. The van der Waals surface area contributed by atoms with Crippen molar-refractivity contribution in [1.82, 2.24) is 4.90 Å². The van der Waals surface area contributed by atoms with Crippen LogP contribution in [0.2, 0.25) is 13.1 Å². The Morgan fingerprint density at radius 3 is 2.52 bits per heavy atom. The third kappa shape index (κ3) is 6.64. The third-order valence-electron chi connectivity index (χ3n) is 4.38. The molecule has 1 radical (unpaired) electrons. The highest BCUT2D eigenvalue weighted by atomic mass is 28.3. The molecule has 1 aliphatic heterocycles. The van der Waals surface area contributed by atoms with E-state index in [0.29, 0.717) is 12.8 Å². The summed E-state index contributed by atoms with van der Waals surface area (Å²) >= 11 is 0. The first-order valence-corrected chi connectivity index (χ1v) is 11.3. The van der Waals surface area contributed by atoms with Crippen molar-refractivity contribution in [1.29, 1.82) is 5.26 Å². The minimum Gasteiger partial charge on any atom is -0.412 e. The average Bonchev–Trinajstić information content (AvgIpc) is 2.80. The molecule has 2 unspecified atom stereocenters. The van der Waals surface area contributed by atoms with Crippen molar-refractivity contribution in [3.8, 4) is 6.07 Å². The van der Waals surface area contributed by atoms with Crippen LogP contribution in [-0.4, -0.2) is 38.5 Å². The Balaban J connectivity index is 2.61. The smallest absolute Gasteiger partial charge is 0.222 e. The molecule has 0 aromatic carbocycles. The second kappa shape index (κ2) is 9.44. The first-order valence-electron chi connectivity index (χ1n) is 8.90. The van der Waals surface area contributed by atoms with Crippen LogP contribution < -0.4 is 0 Å². The number of unbranched alkanes of at least 4 members (excludes halogenated alkanes) is 4. The fourth-order valence-corrected chi connectivity index (χ4v) is 4.31. The molecular formula is C18H33N2O2Si. The fourth-order valence-electron chi connectivity index (χ4n) is 3.29. The Morgan fingerprint density at radius 1 is 1.30 bits per heavy atom. The van der Waals surface area contributed by atoms with Gasteiger partial charge in [0.1, 0.15) is 0 Å². The molecule has 1 rings (SSSR count). The second-order valence-corrected chi connectivity index (χ2v) is 9.88. The van der Waals surface area contributed by atoms with E-state index in [4.69, 9.17) is 9.69 Å². The van der Waals surface area contributed by atoms with Gasteiger partial charge in [-0.3, -0.25) is 4.79 Å². The molecule has 0 spiro atoms. The summed E-state index contributed by atoms with van der Waals surface area (Å²) < 4.78 is 6.31. The third-order valence-corrected chi connectivity index (χ3v) is 5.10. The van der Waals surface area contributed by atoms with Crippen molar-refractivity contribution in [2.24, 2.45) is 5.41 Å². The van der Waals surface area contributed by atoms with E-state index in [2.05, 4.69) is 44.8 Å². The number of carbonyl (C=O) groups excluding carboxylic acids is 1. The summed E-state index contributed by atoms with van der Waals surface area (Å²) in [6, 6.07) is 2.41. The lowest BCUT2D eigenvalue weighted by Gasteiger charge is -2.40. The van der Waals surface area contributed by atoms with E-state index in [1.807, 2.05) is 0 Å². The zero-order valence-electron chi connectivity index (χ0n) is 15.5. The van der Waals surface area contributed by atoms with Crippen LogP contribution in [-0.2, 0) is 9.22 Å². The molecule has 131 valence electrons. The monoisotopic (exact) mass is 337 g/mol. The molecule has 1 fully saturated rings. The van der Waals surface area contributed by atoms with Gasteiger partial charge in [-0.05, 0) is 37.8 Å². The summed E-state index contributed by atoms with van der Waals surface area (Å²) in [7, 11) is -0.796. The molecule has 1 aliphatic rings. The number of amides is 1. The van der Waals surface area contributed by atoms with Crippen LogP contribution in [0.5, 0.6) is 0 Å². The number of hydrogen-bond acceptors (Lipinski definition) is 3. The Morgan fingerprint density at radius 2 is 1.96 bits per heavy atom. The summed E-state index contributed by atoms with van der Waals surface area (Å²) in [5, 5.41) is 8.56. The standard InChI is InChI=1S/C18H33N2O2Si/c1-18(2,3)17(22-23(4)5)15-11-12-16(21)20(15)14-10-8-6-7-9-13-19/h15,17H,6-12,14H2,1-5H3.